The third kappa shape index (κ3) is 2.22. The van der Waals surface area contributed by atoms with Crippen LogP contribution >= 0.6 is 36.0 Å². The molecular weight excluding hydrogens is 268 g/mol. The third-order valence-electron chi connectivity index (χ3n) is 2.94. The van der Waals surface area contributed by atoms with Crippen LogP contribution in [-0.2, 0) is 6.42 Å². The third-order valence-corrected chi connectivity index (χ3v) is 4.84. The van der Waals surface area contributed by atoms with Crippen molar-refractivity contribution in [3.05, 3.63) is 58.6 Å². The minimum Gasteiger partial charge on any atom is -0.171 e. The van der Waals surface area contributed by atoms with Gasteiger partial charge in [-0.15, -0.1) is 0 Å². The van der Waals surface area contributed by atoms with E-state index in [0.717, 1.165) is 11.4 Å². The summed E-state index contributed by atoms with van der Waals surface area (Å²) in [6, 6.07) is 14.6. The van der Waals surface area contributed by atoms with Crippen LogP contribution in [0.5, 0.6) is 0 Å². The van der Waals surface area contributed by atoms with E-state index in [1.165, 1.54) is 20.9 Å². The standard InChI is InChI=1S/C14H11ClS2/c15-10-5-6-14-11(8-10)12(16)7-9-3-1-2-4-13(9)17-14/h1-6,8,12,16H,7H2/t12-/m0/s1. The second kappa shape index (κ2) is 4.60. The summed E-state index contributed by atoms with van der Waals surface area (Å²) in [7, 11) is 0. The van der Waals surface area contributed by atoms with Crippen LogP contribution in [0.4, 0.5) is 0 Å². The molecular formula is C14H11ClS2. The Balaban J connectivity index is 2.14. The molecule has 0 saturated heterocycles. The highest BCUT2D eigenvalue weighted by atomic mass is 35.5. The second-order valence-electron chi connectivity index (χ2n) is 4.11. The maximum absolute atomic E-state index is 6.06. The molecule has 1 aliphatic heterocycles. The summed E-state index contributed by atoms with van der Waals surface area (Å²) in [5.41, 5.74) is 2.60. The molecule has 0 aromatic heterocycles. The molecule has 3 heteroatoms. The molecule has 2 aromatic carbocycles. The van der Waals surface area contributed by atoms with E-state index in [1.807, 2.05) is 23.9 Å². The average Bonchev–Trinajstić information content (AvgIpc) is 2.46. The van der Waals surface area contributed by atoms with Crippen LogP contribution in [0.3, 0.4) is 0 Å². The number of benzene rings is 2. The predicted octanol–water partition coefficient (Wildman–Crippen LogP) is 5.02. The van der Waals surface area contributed by atoms with Gasteiger partial charge in [-0.3, -0.25) is 0 Å². The molecule has 0 bridgehead atoms. The topological polar surface area (TPSA) is 0 Å². The van der Waals surface area contributed by atoms with Gasteiger partial charge < -0.3 is 0 Å². The van der Waals surface area contributed by atoms with E-state index in [9.17, 15) is 0 Å². The molecule has 0 nitrogen and oxygen atoms in total. The number of fused-ring (bicyclic) bond motifs is 2. The first-order valence-corrected chi connectivity index (χ1v) is 7.18. The molecule has 1 heterocycles. The SMILES string of the molecule is S[C@H]1Cc2ccccc2Sc2ccc(Cl)cc21. The van der Waals surface area contributed by atoms with Crippen LogP contribution in [-0.4, -0.2) is 0 Å². The molecule has 3 rings (SSSR count). The van der Waals surface area contributed by atoms with Gasteiger partial charge in [0.1, 0.15) is 0 Å². The first-order chi connectivity index (χ1) is 8.24. The Labute approximate surface area is 116 Å². The van der Waals surface area contributed by atoms with Crippen LogP contribution in [0.1, 0.15) is 16.4 Å². The molecule has 86 valence electrons. The second-order valence-corrected chi connectivity index (χ2v) is 6.26. The fourth-order valence-corrected chi connectivity index (χ4v) is 3.88. The Morgan fingerprint density at radius 1 is 1.12 bits per heavy atom. The van der Waals surface area contributed by atoms with Crippen molar-refractivity contribution in [2.45, 2.75) is 21.5 Å². The van der Waals surface area contributed by atoms with Crippen molar-refractivity contribution in [3.8, 4) is 0 Å². The molecule has 0 unspecified atom stereocenters. The van der Waals surface area contributed by atoms with Gasteiger partial charge in [-0.05, 0) is 41.8 Å². The van der Waals surface area contributed by atoms with E-state index >= 15 is 0 Å². The van der Waals surface area contributed by atoms with Crippen LogP contribution < -0.4 is 0 Å². The van der Waals surface area contributed by atoms with E-state index in [-0.39, 0.29) is 5.25 Å². The lowest BCUT2D eigenvalue weighted by Crippen LogP contribution is -1.95. The van der Waals surface area contributed by atoms with Gasteiger partial charge in [-0.1, -0.05) is 41.6 Å². The smallest absolute Gasteiger partial charge is 0.0409 e. The van der Waals surface area contributed by atoms with Gasteiger partial charge in [-0.2, -0.15) is 12.6 Å². The van der Waals surface area contributed by atoms with Crippen LogP contribution in [0, 0.1) is 0 Å². The Hall–Kier alpha value is -0.570. The fraction of sp³-hybridized carbons (Fsp3) is 0.143. The monoisotopic (exact) mass is 278 g/mol. The summed E-state index contributed by atoms with van der Waals surface area (Å²) in [5.74, 6) is 0. The van der Waals surface area contributed by atoms with Gasteiger partial charge in [0.2, 0.25) is 0 Å². The first-order valence-electron chi connectivity index (χ1n) is 5.47. The molecule has 0 fully saturated rings. The lowest BCUT2D eigenvalue weighted by molar-refractivity contribution is 0.909. The van der Waals surface area contributed by atoms with Crippen molar-refractivity contribution in [1.29, 1.82) is 0 Å². The minimum absolute atomic E-state index is 0.222. The molecule has 1 atom stereocenters. The first kappa shape index (κ1) is 11.5. The highest BCUT2D eigenvalue weighted by Crippen LogP contribution is 2.43. The van der Waals surface area contributed by atoms with E-state index in [2.05, 4.69) is 30.3 Å². The van der Waals surface area contributed by atoms with E-state index < -0.39 is 0 Å². The highest BCUT2D eigenvalue weighted by molar-refractivity contribution is 7.99. The van der Waals surface area contributed by atoms with Crippen molar-refractivity contribution < 1.29 is 0 Å². The zero-order valence-electron chi connectivity index (χ0n) is 9.06. The summed E-state index contributed by atoms with van der Waals surface area (Å²) in [6.07, 6.45) is 0.958. The highest BCUT2D eigenvalue weighted by Gasteiger charge is 2.19. The average molecular weight is 279 g/mol. The van der Waals surface area contributed by atoms with Crippen LogP contribution in [0.25, 0.3) is 0 Å². The summed E-state index contributed by atoms with van der Waals surface area (Å²) < 4.78 is 0. The summed E-state index contributed by atoms with van der Waals surface area (Å²) in [4.78, 5) is 2.59. The molecule has 1 aliphatic rings. The zero-order chi connectivity index (χ0) is 11.8. The number of thiol groups is 1. The van der Waals surface area contributed by atoms with E-state index in [0.29, 0.717) is 0 Å². The maximum atomic E-state index is 6.06. The predicted molar refractivity (Wildman–Crippen MR) is 77.4 cm³/mol. The molecule has 17 heavy (non-hydrogen) atoms. The Bertz CT molecular complexity index is 566. The number of hydrogen-bond acceptors (Lipinski definition) is 2. The number of rotatable bonds is 0. The fourth-order valence-electron chi connectivity index (χ4n) is 2.08. The normalized spacial score (nSPS) is 18.1. The molecule has 0 aliphatic carbocycles. The molecule has 0 spiro atoms. The van der Waals surface area contributed by atoms with Gasteiger partial charge in [0.25, 0.3) is 0 Å². The lowest BCUT2D eigenvalue weighted by Gasteiger charge is -2.11. The van der Waals surface area contributed by atoms with Crippen molar-refractivity contribution in [3.63, 3.8) is 0 Å². The zero-order valence-corrected chi connectivity index (χ0v) is 11.5. The van der Waals surface area contributed by atoms with Crippen LogP contribution in [0.2, 0.25) is 5.02 Å². The maximum Gasteiger partial charge on any atom is 0.0409 e. The van der Waals surface area contributed by atoms with Crippen molar-refractivity contribution >= 4 is 36.0 Å². The van der Waals surface area contributed by atoms with Crippen LogP contribution in [0.15, 0.2) is 52.3 Å². The van der Waals surface area contributed by atoms with E-state index in [1.54, 1.807) is 0 Å². The largest absolute Gasteiger partial charge is 0.171 e. The van der Waals surface area contributed by atoms with Gasteiger partial charge >= 0.3 is 0 Å². The van der Waals surface area contributed by atoms with Gasteiger partial charge in [-0.25, -0.2) is 0 Å². The van der Waals surface area contributed by atoms with Gasteiger partial charge in [0.15, 0.2) is 0 Å². The lowest BCUT2D eigenvalue weighted by atomic mass is 10.0. The summed E-state index contributed by atoms with van der Waals surface area (Å²) >= 11 is 12.6. The van der Waals surface area contributed by atoms with Gasteiger partial charge in [0, 0.05) is 20.1 Å². The summed E-state index contributed by atoms with van der Waals surface area (Å²) in [6.45, 7) is 0. The molecule has 2 aromatic rings. The van der Waals surface area contributed by atoms with Crippen molar-refractivity contribution in [1.82, 2.24) is 0 Å². The Morgan fingerprint density at radius 3 is 2.82 bits per heavy atom. The van der Waals surface area contributed by atoms with Crippen molar-refractivity contribution in [2.24, 2.45) is 0 Å². The van der Waals surface area contributed by atoms with Gasteiger partial charge in [0.05, 0.1) is 0 Å². The minimum atomic E-state index is 0.222. The quantitative estimate of drug-likeness (QED) is 0.660. The van der Waals surface area contributed by atoms with Crippen molar-refractivity contribution in [2.75, 3.05) is 0 Å². The number of hydrogen-bond donors (Lipinski definition) is 1. The molecule has 0 amide bonds. The molecule has 0 radical (unpaired) electrons. The Morgan fingerprint density at radius 2 is 1.94 bits per heavy atom. The van der Waals surface area contributed by atoms with E-state index in [4.69, 9.17) is 24.2 Å². The summed E-state index contributed by atoms with van der Waals surface area (Å²) in [5, 5.41) is 1.01. The molecule has 0 saturated carbocycles. The number of halogens is 1. The Kier molecular flexibility index (Phi) is 3.12. The molecule has 0 N–H and O–H groups in total.